The molecule has 0 aromatic rings. The number of primary amides is 1. The average Bonchev–Trinajstić information content (AvgIpc) is 3.09. The number of carbonyl (C=O) groups excluding carboxylic acids is 8. The van der Waals surface area contributed by atoms with Crippen molar-refractivity contribution in [2.24, 2.45) is 17.2 Å². The maximum absolute atomic E-state index is 13.7. The van der Waals surface area contributed by atoms with Gasteiger partial charge in [-0.1, -0.05) is 0 Å². The molecule has 0 saturated carbocycles. The van der Waals surface area contributed by atoms with Gasteiger partial charge in [0.1, 0.15) is 42.3 Å². The van der Waals surface area contributed by atoms with Crippen molar-refractivity contribution in [3.05, 3.63) is 0 Å². The summed E-state index contributed by atoms with van der Waals surface area (Å²) in [5.74, 6) is -8.96. The molecular formula is C31H56N14O11. The van der Waals surface area contributed by atoms with Crippen molar-refractivity contribution in [3.63, 3.8) is 0 Å². The molecule has 0 spiro atoms. The SMILES string of the molecule is CC(=O)N[C@@H](C)C(=O)N[C@@H](CCCNC(=N)N)C(=O)N[C@@H](CCC(N)=O)C(=O)N[C@@H](CCCNC(=N)N)C(=O)N[C@@H](C)C(=O)N[C@@H](CO)C(=O)N[C@@H](C)C(=O)O. The Morgan fingerprint density at radius 2 is 0.893 bits per heavy atom. The van der Waals surface area contributed by atoms with Gasteiger partial charge >= 0.3 is 5.97 Å². The Labute approximate surface area is 322 Å². The zero-order valence-corrected chi connectivity index (χ0v) is 31.7. The van der Waals surface area contributed by atoms with Gasteiger partial charge in [-0.05, 0) is 52.9 Å². The molecule has 0 radical (unpaired) electrons. The molecule has 56 heavy (non-hydrogen) atoms. The minimum absolute atomic E-state index is 0.0414. The second-order valence-electron chi connectivity index (χ2n) is 12.6. The fourth-order valence-corrected chi connectivity index (χ4v) is 4.61. The van der Waals surface area contributed by atoms with Gasteiger partial charge in [0, 0.05) is 26.4 Å². The summed E-state index contributed by atoms with van der Waals surface area (Å²) in [7, 11) is 0. The van der Waals surface area contributed by atoms with Crippen LogP contribution in [0.4, 0.5) is 0 Å². The summed E-state index contributed by atoms with van der Waals surface area (Å²) in [5.41, 5.74) is 15.9. The molecular weight excluding hydrogens is 744 g/mol. The van der Waals surface area contributed by atoms with Crippen molar-refractivity contribution in [1.29, 1.82) is 10.8 Å². The highest BCUT2D eigenvalue weighted by atomic mass is 16.4. The van der Waals surface area contributed by atoms with Crippen molar-refractivity contribution in [3.8, 4) is 0 Å². The lowest BCUT2D eigenvalue weighted by molar-refractivity contribution is -0.142. The third-order valence-corrected chi connectivity index (χ3v) is 7.66. The summed E-state index contributed by atoms with van der Waals surface area (Å²) >= 11 is 0. The van der Waals surface area contributed by atoms with E-state index in [9.17, 15) is 48.3 Å². The first kappa shape index (κ1) is 49.7. The quantitative estimate of drug-likeness (QED) is 0.0220. The smallest absolute Gasteiger partial charge is 0.325 e. The van der Waals surface area contributed by atoms with Gasteiger partial charge in [0.2, 0.25) is 47.3 Å². The van der Waals surface area contributed by atoms with E-state index in [0.29, 0.717) is 0 Å². The van der Waals surface area contributed by atoms with Crippen LogP contribution in [0.2, 0.25) is 0 Å². The van der Waals surface area contributed by atoms with Gasteiger partial charge in [-0.3, -0.25) is 54.0 Å². The molecule has 0 fully saturated rings. The molecule has 25 heteroatoms. The van der Waals surface area contributed by atoms with Crippen LogP contribution in [0.1, 0.15) is 66.2 Å². The number of aliphatic carboxylic acids is 1. The topological polar surface area (TPSA) is 428 Å². The lowest BCUT2D eigenvalue weighted by atomic mass is 10.0. The molecule has 0 heterocycles. The molecule has 25 nitrogen and oxygen atoms in total. The first-order valence-corrected chi connectivity index (χ1v) is 17.5. The van der Waals surface area contributed by atoms with Crippen molar-refractivity contribution < 1.29 is 53.4 Å². The Kier molecular flexibility index (Phi) is 22.8. The largest absolute Gasteiger partial charge is 0.480 e. The number of hydrogen-bond acceptors (Lipinski definition) is 12. The number of carboxylic acid groups (broad SMARTS) is 1. The van der Waals surface area contributed by atoms with Crippen molar-refractivity contribution in [1.82, 2.24) is 47.9 Å². The van der Waals surface area contributed by atoms with Gasteiger partial charge in [-0.15, -0.1) is 0 Å². The van der Waals surface area contributed by atoms with Crippen LogP contribution in [-0.4, -0.2) is 137 Å². The standard InChI is InChI=1S/C31H56N14O11/c1-14(39-17(4)47)23(49)42-19(8-6-12-38-31(35)36)26(52)44-20(9-10-22(32)48)27(53)43-18(7-5-11-37-30(33)34)25(51)40-15(2)24(50)45-21(13-46)28(54)41-16(3)29(55)56/h14-16,18-21,46H,5-13H2,1-4H3,(H2,32,48)(H,39,47)(H,40,51)(H,41,54)(H,42,49)(H,43,53)(H,44,52)(H,45,50)(H,55,56)(H4,33,34,37)(H4,35,36,38)/t14-,15-,16-,18-,19-,20-,21-/m0/s1. The summed E-state index contributed by atoms with van der Waals surface area (Å²) in [4.78, 5) is 113. The first-order valence-electron chi connectivity index (χ1n) is 17.5. The third kappa shape index (κ3) is 20.8. The van der Waals surface area contributed by atoms with E-state index >= 15 is 0 Å². The Bertz CT molecular complexity index is 1450. The fourth-order valence-electron chi connectivity index (χ4n) is 4.61. The van der Waals surface area contributed by atoms with Crippen LogP contribution in [0.5, 0.6) is 0 Å². The maximum atomic E-state index is 13.7. The molecule has 316 valence electrons. The van der Waals surface area contributed by atoms with Crippen LogP contribution in [0, 0.1) is 10.8 Å². The molecule has 0 aliphatic rings. The van der Waals surface area contributed by atoms with Gasteiger partial charge in [-0.25, -0.2) is 0 Å². The van der Waals surface area contributed by atoms with Gasteiger partial charge in [-0.2, -0.15) is 0 Å². The molecule has 8 amide bonds. The predicted molar refractivity (Wildman–Crippen MR) is 198 cm³/mol. The average molecular weight is 801 g/mol. The van der Waals surface area contributed by atoms with Gasteiger partial charge in [0.15, 0.2) is 11.9 Å². The summed E-state index contributed by atoms with van der Waals surface area (Å²) in [6, 6.07) is -9.60. The Hall–Kier alpha value is -6.27. The maximum Gasteiger partial charge on any atom is 0.325 e. The Morgan fingerprint density at radius 1 is 0.536 bits per heavy atom. The Morgan fingerprint density at radius 3 is 1.29 bits per heavy atom. The minimum Gasteiger partial charge on any atom is -0.480 e. The van der Waals surface area contributed by atoms with E-state index in [-0.39, 0.29) is 57.1 Å². The predicted octanol–water partition coefficient (Wildman–Crippen LogP) is -6.67. The number of carbonyl (C=O) groups is 9. The minimum atomic E-state index is -1.58. The second kappa shape index (κ2) is 25.7. The summed E-state index contributed by atoms with van der Waals surface area (Å²) in [5, 5.41) is 54.8. The summed E-state index contributed by atoms with van der Waals surface area (Å²) < 4.78 is 0. The van der Waals surface area contributed by atoms with Crippen LogP contribution in [0.25, 0.3) is 0 Å². The Balaban J connectivity index is 6.21. The molecule has 0 aromatic carbocycles. The normalized spacial score (nSPS) is 14.3. The number of aliphatic hydroxyl groups excluding tert-OH is 1. The first-order chi connectivity index (χ1) is 26.1. The molecule has 19 N–H and O–H groups in total. The van der Waals surface area contributed by atoms with Gasteiger partial charge < -0.3 is 75.3 Å². The van der Waals surface area contributed by atoms with Crippen LogP contribution in [0.3, 0.4) is 0 Å². The number of nitrogens with two attached hydrogens (primary N) is 3. The van der Waals surface area contributed by atoms with E-state index in [0.717, 1.165) is 6.92 Å². The van der Waals surface area contributed by atoms with Crippen molar-refractivity contribution >= 4 is 65.1 Å². The van der Waals surface area contributed by atoms with E-state index in [2.05, 4.69) is 47.9 Å². The molecule has 0 unspecified atom stereocenters. The number of guanidine groups is 2. The molecule has 0 aliphatic heterocycles. The number of hydrogen-bond donors (Lipinski definition) is 16. The monoisotopic (exact) mass is 800 g/mol. The van der Waals surface area contributed by atoms with E-state index in [1.54, 1.807) is 0 Å². The third-order valence-electron chi connectivity index (χ3n) is 7.66. The highest BCUT2D eigenvalue weighted by Crippen LogP contribution is 2.06. The molecule has 0 aromatic heterocycles. The van der Waals surface area contributed by atoms with Gasteiger partial charge in [0.25, 0.3) is 0 Å². The van der Waals surface area contributed by atoms with E-state index in [1.807, 2.05) is 0 Å². The number of nitrogens with one attached hydrogen (secondary N) is 11. The molecule has 0 bridgehead atoms. The van der Waals surface area contributed by atoms with Crippen LogP contribution in [-0.2, 0) is 43.2 Å². The fraction of sp³-hybridized carbons (Fsp3) is 0.645. The molecule has 0 aliphatic carbocycles. The van der Waals surface area contributed by atoms with Crippen LogP contribution < -0.4 is 65.1 Å². The van der Waals surface area contributed by atoms with Crippen molar-refractivity contribution in [2.75, 3.05) is 19.7 Å². The zero-order valence-electron chi connectivity index (χ0n) is 31.7. The second-order valence-corrected chi connectivity index (χ2v) is 12.6. The van der Waals surface area contributed by atoms with Gasteiger partial charge in [0.05, 0.1) is 6.61 Å². The highest BCUT2D eigenvalue weighted by Gasteiger charge is 2.32. The lowest BCUT2D eigenvalue weighted by Gasteiger charge is -2.27. The number of carboxylic acids is 1. The number of rotatable bonds is 26. The lowest BCUT2D eigenvalue weighted by Crippen LogP contribution is -2.59. The van der Waals surface area contributed by atoms with E-state index in [4.69, 9.17) is 33.1 Å². The number of aliphatic hydroxyl groups is 1. The molecule has 0 saturated heterocycles. The summed E-state index contributed by atoms with van der Waals surface area (Å²) in [6.45, 7) is 4.23. The van der Waals surface area contributed by atoms with Crippen LogP contribution >= 0.6 is 0 Å². The molecule has 7 atom stereocenters. The zero-order chi connectivity index (χ0) is 43.1. The summed E-state index contributed by atoms with van der Waals surface area (Å²) in [6.07, 6.45) is -0.607. The highest BCUT2D eigenvalue weighted by molar-refractivity contribution is 5.97. The van der Waals surface area contributed by atoms with E-state index < -0.39 is 109 Å². The van der Waals surface area contributed by atoms with Crippen LogP contribution in [0.15, 0.2) is 0 Å². The van der Waals surface area contributed by atoms with Crippen molar-refractivity contribution in [2.45, 2.75) is 109 Å². The molecule has 0 rings (SSSR count). The van der Waals surface area contributed by atoms with E-state index in [1.165, 1.54) is 20.8 Å². The number of amides is 8.